The van der Waals surface area contributed by atoms with Crippen molar-refractivity contribution in [2.45, 2.75) is 18.9 Å². The number of rotatable bonds is 5. The van der Waals surface area contributed by atoms with E-state index in [0.717, 1.165) is 31.7 Å². The van der Waals surface area contributed by atoms with E-state index in [1.165, 1.54) is 0 Å². The number of benzene rings is 1. The van der Waals surface area contributed by atoms with E-state index in [-0.39, 0.29) is 12.0 Å². The van der Waals surface area contributed by atoms with E-state index >= 15 is 0 Å². The minimum atomic E-state index is -0.0193. The summed E-state index contributed by atoms with van der Waals surface area (Å²) in [6, 6.07) is 9.46. The number of ether oxygens (including phenoxy) is 1. The van der Waals surface area contributed by atoms with Gasteiger partial charge in [-0.2, -0.15) is 0 Å². The van der Waals surface area contributed by atoms with Crippen LogP contribution in [0.15, 0.2) is 30.3 Å². The van der Waals surface area contributed by atoms with Gasteiger partial charge in [-0.1, -0.05) is 18.2 Å². The fourth-order valence-electron chi connectivity index (χ4n) is 1.88. The normalized spacial score (nSPS) is 19.2. The van der Waals surface area contributed by atoms with E-state index in [1.807, 2.05) is 30.3 Å². The Kier molecular flexibility index (Phi) is 4.53. The molecule has 4 heteroatoms. The maximum absolute atomic E-state index is 11.6. The van der Waals surface area contributed by atoms with E-state index in [0.29, 0.717) is 6.54 Å². The zero-order chi connectivity index (χ0) is 11.9. The van der Waals surface area contributed by atoms with Crippen molar-refractivity contribution in [3.8, 4) is 0 Å². The topological polar surface area (TPSA) is 50.4 Å². The monoisotopic (exact) mass is 234 g/mol. The molecule has 2 rings (SSSR count). The van der Waals surface area contributed by atoms with Crippen LogP contribution in [0.1, 0.15) is 12.8 Å². The van der Waals surface area contributed by atoms with Gasteiger partial charge in [-0.05, 0) is 25.0 Å². The van der Waals surface area contributed by atoms with Crippen LogP contribution < -0.4 is 10.6 Å². The van der Waals surface area contributed by atoms with Gasteiger partial charge >= 0.3 is 0 Å². The molecule has 1 aromatic rings. The number of nitrogens with one attached hydrogen (secondary N) is 2. The summed E-state index contributed by atoms with van der Waals surface area (Å²) in [4.78, 5) is 11.6. The third kappa shape index (κ3) is 4.17. The highest BCUT2D eigenvalue weighted by Crippen LogP contribution is 2.10. The second-order valence-corrected chi connectivity index (χ2v) is 4.18. The molecule has 0 spiro atoms. The summed E-state index contributed by atoms with van der Waals surface area (Å²) in [5.41, 5.74) is 0.830. The average molecular weight is 234 g/mol. The Bertz CT molecular complexity index is 348. The Labute approximate surface area is 101 Å². The third-order valence-corrected chi connectivity index (χ3v) is 2.74. The van der Waals surface area contributed by atoms with Gasteiger partial charge in [0.15, 0.2) is 0 Å². The van der Waals surface area contributed by atoms with E-state index in [4.69, 9.17) is 4.74 Å². The van der Waals surface area contributed by atoms with Crippen molar-refractivity contribution in [3.05, 3.63) is 30.3 Å². The van der Waals surface area contributed by atoms with Crippen molar-refractivity contribution in [3.63, 3.8) is 0 Å². The lowest BCUT2D eigenvalue weighted by atomic mass is 10.2. The lowest BCUT2D eigenvalue weighted by molar-refractivity contribution is -0.115. The molecule has 1 aliphatic heterocycles. The summed E-state index contributed by atoms with van der Waals surface area (Å²) < 4.78 is 5.46. The molecule has 0 aromatic heterocycles. The van der Waals surface area contributed by atoms with Crippen LogP contribution in [0.2, 0.25) is 0 Å². The van der Waals surface area contributed by atoms with E-state index in [9.17, 15) is 4.79 Å². The van der Waals surface area contributed by atoms with Crippen LogP contribution in [0.4, 0.5) is 5.69 Å². The smallest absolute Gasteiger partial charge is 0.238 e. The van der Waals surface area contributed by atoms with Gasteiger partial charge in [0.2, 0.25) is 5.91 Å². The van der Waals surface area contributed by atoms with Crippen molar-refractivity contribution in [2.75, 3.05) is 25.0 Å². The first kappa shape index (κ1) is 12.1. The predicted molar refractivity (Wildman–Crippen MR) is 66.9 cm³/mol. The summed E-state index contributed by atoms with van der Waals surface area (Å²) in [6.07, 6.45) is 2.50. The molecule has 92 valence electrons. The number of hydrogen-bond donors (Lipinski definition) is 2. The number of anilines is 1. The maximum atomic E-state index is 11.6. The van der Waals surface area contributed by atoms with Crippen molar-refractivity contribution in [1.82, 2.24) is 5.32 Å². The first-order chi connectivity index (χ1) is 8.34. The Morgan fingerprint density at radius 1 is 1.35 bits per heavy atom. The molecule has 17 heavy (non-hydrogen) atoms. The first-order valence-corrected chi connectivity index (χ1v) is 6.02. The van der Waals surface area contributed by atoms with Gasteiger partial charge in [0.25, 0.3) is 0 Å². The number of para-hydroxylation sites is 1. The Balaban J connectivity index is 1.64. The average Bonchev–Trinajstić information content (AvgIpc) is 2.83. The van der Waals surface area contributed by atoms with Gasteiger partial charge < -0.3 is 15.4 Å². The fourth-order valence-corrected chi connectivity index (χ4v) is 1.88. The van der Waals surface area contributed by atoms with Gasteiger partial charge in [0, 0.05) is 18.8 Å². The van der Waals surface area contributed by atoms with Crippen molar-refractivity contribution in [2.24, 2.45) is 0 Å². The molecule has 4 nitrogen and oxygen atoms in total. The molecule has 0 bridgehead atoms. The molecule has 0 unspecified atom stereocenters. The zero-order valence-corrected chi connectivity index (χ0v) is 9.82. The molecule has 1 aliphatic rings. The highest BCUT2D eigenvalue weighted by Gasteiger charge is 2.14. The molecule has 0 radical (unpaired) electrons. The molecule has 0 aliphatic carbocycles. The minimum absolute atomic E-state index is 0.0193. The van der Waals surface area contributed by atoms with Crippen LogP contribution in [0.3, 0.4) is 0 Å². The van der Waals surface area contributed by atoms with E-state index < -0.39 is 0 Å². The highest BCUT2D eigenvalue weighted by molar-refractivity contribution is 5.92. The van der Waals surface area contributed by atoms with Gasteiger partial charge in [0.05, 0.1) is 12.6 Å². The minimum Gasteiger partial charge on any atom is -0.377 e. The lowest BCUT2D eigenvalue weighted by Gasteiger charge is -2.10. The van der Waals surface area contributed by atoms with Crippen LogP contribution in [-0.2, 0) is 9.53 Å². The SMILES string of the molecule is O=C(CNC[C@@H]1CCCO1)Nc1ccccc1. The van der Waals surface area contributed by atoms with Crippen LogP contribution in [0.5, 0.6) is 0 Å². The van der Waals surface area contributed by atoms with Crippen LogP contribution >= 0.6 is 0 Å². The third-order valence-electron chi connectivity index (χ3n) is 2.74. The summed E-state index contributed by atoms with van der Waals surface area (Å²) in [7, 11) is 0. The van der Waals surface area contributed by atoms with Gasteiger partial charge in [-0.25, -0.2) is 0 Å². The second-order valence-electron chi connectivity index (χ2n) is 4.18. The van der Waals surface area contributed by atoms with Gasteiger partial charge in [0.1, 0.15) is 0 Å². The number of hydrogen-bond acceptors (Lipinski definition) is 3. The Morgan fingerprint density at radius 2 is 2.18 bits per heavy atom. The molecule has 1 fully saturated rings. The number of amides is 1. The summed E-state index contributed by atoms with van der Waals surface area (Å²) in [5.74, 6) is -0.0193. The number of carbonyl (C=O) groups excluding carboxylic acids is 1. The highest BCUT2D eigenvalue weighted by atomic mass is 16.5. The second kappa shape index (κ2) is 6.37. The molecular weight excluding hydrogens is 216 g/mol. The molecule has 2 N–H and O–H groups in total. The van der Waals surface area contributed by atoms with Gasteiger partial charge in [-0.15, -0.1) is 0 Å². The lowest BCUT2D eigenvalue weighted by Crippen LogP contribution is -2.33. The standard InChI is InChI=1S/C13H18N2O2/c16-13(15-11-5-2-1-3-6-11)10-14-9-12-7-4-8-17-12/h1-3,5-6,12,14H,4,7-10H2,(H,15,16)/t12-/m0/s1. The zero-order valence-electron chi connectivity index (χ0n) is 9.82. The summed E-state index contributed by atoms with van der Waals surface area (Å²) in [5, 5.41) is 5.94. The summed E-state index contributed by atoms with van der Waals surface area (Å²) in [6.45, 7) is 1.93. The maximum Gasteiger partial charge on any atom is 0.238 e. The molecule has 1 heterocycles. The molecule has 0 saturated carbocycles. The van der Waals surface area contributed by atoms with Crippen LogP contribution in [0, 0.1) is 0 Å². The molecular formula is C13H18N2O2. The van der Waals surface area contributed by atoms with Crippen molar-refractivity contribution in [1.29, 1.82) is 0 Å². The van der Waals surface area contributed by atoms with Crippen molar-refractivity contribution < 1.29 is 9.53 Å². The van der Waals surface area contributed by atoms with E-state index in [2.05, 4.69) is 10.6 Å². The molecule has 1 amide bonds. The van der Waals surface area contributed by atoms with Crippen LogP contribution in [-0.4, -0.2) is 31.7 Å². The first-order valence-electron chi connectivity index (χ1n) is 6.02. The fraction of sp³-hybridized carbons (Fsp3) is 0.462. The molecule has 1 atom stereocenters. The van der Waals surface area contributed by atoms with Crippen molar-refractivity contribution >= 4 is 11.6 Å². The summed E-state index contributed by atoms with van der Waals surface area (Å²) >= 11 is 0. The molecule has 1 saturated heterocycles. The Hall–Kier alpha value is -1.39. The van der Waals surface area contributed by atoms with Gasteiger partial charge in [-0.3, -0.25) is 4.79 Å². The predicted octanol–water partition coefficient (Wildman–Crippen LogP) is 1.39. The Morgan fingerprint density at radius 3 is 2.88 bits per heavy atom. The largest absolute Gasteiger partial charge is 0.377 e. The van der Waals surface area contributed by atoms with E-state index in [1.54, 1.807) is 0 Å². The quantitative estimate of drug-likeness (QED) is 0.809. The number of carbonyl (C=O) groups is 1. The van der Waals surface area contributed by atoms with Crippen LogP contribution in [0.25, 0.3) is 0 Å². The molecule has 1 aromatic carbocycles.